The van der Waals surface area contributed by atoms with E-state index in [1.165, 1.54) is 12.8 Å². The average Bonchev–Trinajstić information content (AvgIpc) is 1.86. The summed E-state index contributed by atoms with van der Waals surface area (Å²) >= 11 is 0. The van der Waals surface area contributed by atoms with E-state index in [-0.39, 0.29) is 19.5 Å². The quantitative estimate of drug-likeness (QED) is 0.473. The van der Waals surface area contributed by atoms with E-state index in [9.17, 15) is 0 Å². The molecule has 1 saturated heterocycles. The predicted molar refractivity (Wildman–Crippen MR) is 24.6 cm³/mol. The fourth-order valence-corrected chi connectivity index (χ4v) is 0.739. The average molecular weight is 152 g/mol. The molecule has 36 valence electrons. The molecule has 0 spiro atoms. The summed E-state index contributed by atoms with van der Waals surface area (Å²) in [7, 11) is 0. The van der Waals surface area contributed by atoms with Gasteiger partial charge in [-0.15, -0.1) is 0 Å². The Kier molecular flexibility index (Phi) is 3.87. The molecule has 0 saturated carbocycles. The summed E-state index contributed by atoms with van der Waals surface area (Å²) in [5, 5.41) is 0. The molecule has 1 unspecified atom stereocenters. The second-order valence-corrected chi connectivity index (χ2v) is 1.82. The topological polar surface area (TPSA) is 9.23 Å². The van der Waals surface area contributed by atoms with Crippen molar-refractivity contribution in [1.29, 1.82) is 0 Å². The minimum Gasteiger partial charge on any atom is -0.379 e. The van der Waals surface area contributed by atoms with Crippen LogP contribution in [0.2, 0.25) is 0 Å². The fourth-order valence-electron chi connectivity index (χ4n) is 0.739. The number of hydrogen-bond donors (Lipinski definition) is 0. The Labute approximate surface area is 57.2 Å². The smallest absolute Gasteiger partial charge is 0.379 e. The molecule has 0 aromatic rings. The van der Waals surface area contributed by atoms with Crippen molar-refractivity contribution in [3.05, 3.63) is 0 Å². The SMILES string of the molecule is CC1CCCO1.[Zn+2]. The van der Waals surface area contributed by atoms with Gasteiger partial charge in [-0.05, 0) is 19.8 Å². The third-order valence-electron chi connectivity index (χ3n) is 1.16. The first-order valence-electron chi connectivity index (χ1n) is 2.51. The van der Waals surface area contributed by atoms with Crippen LogP contribution in [0.25, 0.3) is 0 Å². The number of ether oxygens (including phenoxy) is 1. The molecule has 0 N–H and O–H groups in total. The van der Waals surface area contributed by atoms with Crippen LogP contribution in [-0.4, -0.2) is 12.7 Å². The Morgan fingerprint density at radius 1 is 1.57 bits per heavy atom. The van der Waals surface area contributed by atoms with Crippen molar-refractivity contribution in [1.82, 2.24) is 0 Å². The van der Waals surface area contributed by atoms with Crippen molar-refractivity contribution in [3.63, 3.8) is 0 Å². The second-order valence-electron chi connectivity index (χ2n) is 1.82. The van der Waals surface area contributed by atoms with Crippen LogP contribution in [0.15, 0.2) is 0 Å². The molecule has 7 heavy (non-hydrogen) atoms. The minimum absolute atomic E-state index is 0. The van der Waals surface area contributed by atoms with Gasteiger partial charge < -0.3 is 4.74 Å². The molecule has 1 rings (SSSR count). The Morgan fingerprint density at radius 3 is 2.43 bits per heavy atom. The summed E-state index contributed by atoms with van der Waals surface area (Å²) < 4.78 is 5.15. The maximum Gasteiger partial charge on any atom is 2.00 e. The van der Waals surface area contributed by atoms with E-state index in [1.54, 1.807) is 0 Å². The van der Waals surface area contributed by atoms with Crippen molar-refractivity contribution in [2.75, 3.05) is 6.61 Å². The monoisotopic (exact) mass is 150 g/mol. The summed E-state index contributed by atoms with van der Waals surface area (Å²) in [6.45, 7) is 3.11. The van der Waals surface area contributed by atoms with E-state index in [0.29, 0.717) is 6.10 Å². The van der Waals surface area contributed by atoms with Crippen LogP contribution in [0.1, 0.15) is 19.8 Å². The van der Waals surface area contributed by atoms with Gasteiger partial charge in [0.2, 0.25) is 0 Å². The molecular formula is C5H10OZn+2. The van der Waals surface area contributed by atoms with Gasteiger partial charge in [0.05, 0.1) is 6.10 Å². The third-order valence-corrected chi connectivity index (χ3v) is 1.16. The number of rotatable bonds is 0. The van der Waals surface area contributed by atoms with E-state index in [4.69, 9.17) is 4.74 Å². The first-order chi connectivity index (χ1) is 2.89. The normalized spacial score (nSPS) is 29.6. The van der Waals surface area contributed by atoms with Gasteiger partial charge in [-0.3, -0.25) is 0 Å². The van der Waals surface area contributed by atoms with Crippen molar-refractivity contribution in [2.24, 2.45) is 0 Å². The molecule has 0 bridgehead atoms. The molecule has 0 aliphatic carbocycles. The molecule has 1 aliphatic heterocycles. The van der Waals surface area contributed by atoms with Crippen molar-refractivity contribution in [3.8, 4) is 0 Å². The van der Waals surface area contributed by atoms with Gasteiger partial charge >= 0.3 is 19.5 Å². The van der Waals surface area contributed by atoms with E-state index >= 15 is 0 Å². The molecule has 0 aromatic heterocycles. The Morgan fingerprint density at radius 2 is 2.29 bits per heavy atom. The van der Waals surface area contributed by atoms with E-state index in [1.807, 2.05) is 0 Å². The third kappa shape index (κ3) is 2.40. The predicted octanol–water partition coefficient (Wildman–Crippen LogP) is 1.18. The zero-order valence-electron chi connectivity index (χ0n) is 4.81. The fraction of sp³-hybridized carbons (Fsp3) is 1.00. The first kappa shape index (κ1) is 7.58. The maximum absolute atomic E-state index is 5.15. The number of hydrogen-bond acceptors (Lipinski definition) is 1. The largest absolute Gasteiger partial charge is 2.00 e. The van der Waals surface area contributed by atoms with Crippen molar-refractivity contribution < 1.29 is 24.2 Å². The Hall–Kier alpha value is 0.583. The standard InChI is InChI=1S/C5H10O.Zn/c1-5-3-2-4-6-5;/h5H,2-4H2,1H3;/q;+2. The summed E-state index contributed by atoms with van der Waals surface area (Å²) in [5.41, 5.74) is 0. The van der Waals surface area contributed by atoms with Gasteiger partial charge in [0.1, 0.15) is 0 Å². The molecule has 1 nitrogen and oxygen atoms in total. The van der Waals surface area contributed by atoms with Crippen LogP contribution < -0.4 is 0 Å². The van der Waals surface area contributed by atoms with Crippen LogP contribution in [0.3, 0.4) is 0 Å². The molecule has 1 heterocycles. The van der Waals surface area contributed by atoms with Crippen molar-refractivity contribution >= 4 is 0 Å². The van der Waals surface area contributed by atoms with Gasteiger partial charge in [0.15, 0.2) is 0 Å². The summed E-state index contributed by atoms with van der Waals surface area (Å²) in [5.74, 6) is 0. The zero-order valence-corrected chi connectivity index (χ0v) is 7.78. The molecule has 2 heteroatoms. The maximum atomic E-state index is 5.15. The molecule has 1 aliphatic rings. The van der Waals surface area contributed by atoms with Crippen molar-refractivity contribution in [2.45, 2.75) is 25.9 Å². The molecular weight excluding hydrogens is 141 g/mol. The van der Waals surface area contributed by atoms with E-state index in [0.717, 1.165) is 6.61 Å². The first-order valence-corrected chi connectivity index (χ1v) is 2.51. The summed E-state index contributed by atoms with van der Waals surface area (Å²) in [4.78, 5) is 0. The van der Waals surface area contributed by atoms with Crippen LogP contribution >= 0.6 is 0 Å². The Balaban J connectivity index is 0.000000360. The van der Waals surface area contributed by atoms with Gasteiger partial charge in [0, 0.05) is 6.61 Å². The van der Waals surface area contributed by atoms with Gasteiger partial charge in [-0.1, -0.05) is 0 Å². The van der Waals surface area contributed by atoms with Crippen LogP contribution in [0.5, 0.6) is 0 Å². The minimum atomic E-state index is 0. The van der Waals surface area contributed by atoms with Crippen LogP contribution in [-0.2, 0) is 24.2 Å². The van der Waals surface area contributed by atoms with E-state index in [2.05, 4.69) is 6.92 Å². The summed E-state index contributed by atoms with van der Waals surface area (Å²) in [6, 6.07) is 0. The second kappa shape index (κ2) is 3.57. The van der Waals surface area contributed by atoms with E-state index < -0.39 is 0 Å². The molecule has 0 aromatic carbocycles. The Bertz CT molecular complexity index is 41.3. The van der Waals surface area contributed by atoms with Crippen LogP contribution in [0, 0.1) is 0 Å². The molecule has 0 amide bonds. The van der Waals surface area contributed by atoms with Gasteiger partial charge in [0.25, 0.3) is 0 Å². The molecule has 1 atom stereocenters. The summed E-state index contributed by atoms with van der Waals surface area (Å²) in [6.07, 6.45) is 3.08. The zero-order chi connectivity index (χ0) is 4.41. The van der Waals surface area contributed by atoms with Gasteiger partial charge in [-0.25, -0.2) is 0 Å². The van der Waals surface area contributed by atoms with Gasteiger partial charge in [-0.2, -0.15) is 0 Å². The molecule has 1 fully saturated rings. The molecule has 0 radical (unpaired) electrons. The van der Waals surface area contributed by atoms with Crippen LogP contribution in [0.4, 0.5) is 0 Å².